The molecule has 0 aliphatic rings. The number of benzene rings is 4. The molecule has 20 heteroatoms. The van der Waals surface area contributed by atoms with Crippen LogP contribution in [0.4, 0.5) is 23.5 Å². The van der Waals surface area contributed by atoms with Crippen LogP contribution in [0.5, 0.6) is 0 Å². The molecule has 0 aliphatic carbocycles. The number of hydrogen-bond donors (Lipinski definition) is 4. The van der Waals surface area contributed by atoms with Gasteiger partial charge in [-0.3, -0.25) is 18.7 Å². The molecule has 0 fully saturated rings. The third-order valence-corrected chi connectivity index (χ3v) is 32.7. The number of hydrogen-bond acceptors (Lipinski definition) is 14. The molecule has 0 radical (unpaired) electrons. The Hall–Kier alpha value is -6.22. The number of aryl methyl sites for hydroxylation is 2. The van der Waals surface area contributed by atoms with Crippen LogP contribution in [0.1, 0.15) is 121 Å². The quantitative estimate of drug-likeness (QED) is 0.0560. The predicted octanol–water partition coefficient (Wildman–Crippen LogP) is 17.4. The molecule has 84 heavy (non-hydrogen) atoms. The molecule has 10 rings (SSSR count). The Bertz CT molecular complexity index is 3880. The number of halogens is 3. The fraction of sp³-hybridized carbons (Fsp3) is 0.312. The monoisotopic (exact) mass is 1380 g/mol. The zero-order valence-electron chi connectivity index (χ0n) is 47.2. The normalized spacial score (nSPS) is 11.8. The van der Waals surface area contributed by atoms with E-state index in [2.05, 4.69) is 84.6 Å². The maximum atomic E-state index is 13.7. The standard InChI is InChI=1S/C25H21ClN6OS.C21H17BrClN5O.C4H4NS.3C4H9.2CH4.Sn/c1-14(29-23-18(12-28-25(27)31-23)20-13-34-15(2)30-20)21-11-16-7-6-10-19(26)22(16)24(33)32(21)17-8-4-3-5-9-17;1-12(26-19-15(22)11-25-21(24)27-19)17-10-13-6-5-9-16(23)18(13)20(29)28(17)14-7-3-2-4-8-14;1-4-5-2-3-6-4;3*1-3-4-2;;;/h3-14H,1-2H3,(H3,27,28,29,31);2-12H,1H3,(H3,24,25,26,27);3H,1H3;3*1,3-4H2,2H3;2*1H4;/t14-;12-;;;;;;;/m00......./s1. The third-order valence-electron chi connectivity index (χ3n) is 14.3. The van der Waals surface area contributed by atoms with Crippen molar-refractivity contribution >= 4 is 129 Å². The summed E-state index contributed by atoms with van der Waals surface area (Å²) in [4.78, 5) is 53.4. The van der Waals surface area contributed by atoms with Crippen molar-refractivity contribution in [2.24, 2.45) is 0 Å². The van der Waals surface area contributed by atoms with Crippen molar-refractivity contribution in [2.45, 2.75) is 127 Å². The SMILES string of the molecule is C.C.CCC[CH2][Sn]([CH2]CCC)([CH2]CCC)[c]1csc(C)n1.C[C@H](Nc1nc(N)ncc1Br)c1cc2cccc(Cl)c2c(=O)n1-c1ccccc1.Cc1nc(-c2cnc(N)nc2N[C@@H](C)c2cc3cccc(Cl)c3c(=O)n2-c2ccccc2)cs1. The van der Waals surface area contributed by atoms with E-state index >= 15 is 0 Å². The average molecular weight is 1380 g/mol. The Morgan fingerprint density at radius 1 is 0.595 bits per heavy atom. The number of thiazole rings is 2. The van der Waals surface area contributed by atoms with E-state index in [1.54, 1.807) is 48.7 Å². The van der Waals surface area contributed by atoms with Gasteiger partial charge in [0.15, 0.2) is 0 Å². The van der Waals surface area contributed by atoms with E-state index in [9.17, 15) is 9.59 Å². The van der Waals surface area contributed by atoms with Gasteiger partial charge in [0.1, 0.15) is 11.6 Å². The molecular weight excluding hydrogens is 1300 g/mol. The summed E-state index contributed by atoms with van der Waals surface area (Å²) in [5.74, 6) is 1.40. The zero-order valence-corrected chi connectivity index (χ0v) is 54.8. The van der Waals surface area contributed by atoms with Crippen molar-refractivity contribution in [1.82, 2.24) is 39.0 Å². The van der Waals surface area contributed by atoms with Gasteiger partial charge in [0.2, 0.25) is 11.9 Å². The zero-order chi connectivity index (χ0) is 58.5. The number of anilines is 4. The number of aromatic nitrogens is 8. The molecule has 0 saturated carbocycles. The molecule has 0 unspecified atom stereocenters. The summed E-state index contributed by atoms with van der Waals surface area (Å²) in [6.45, 7) is 15.0. The van der Waals surface area contributed by atoms with Crippen LogP contribution in [0, 0.1) is 13.8 Å². The van der Waals surface area contributed by atoms with E-state index in [1.807, 2.05) is 135 Å². The minimum Gasteiger partial charge on any atom is -0.368 e. The van der Waals surface area contributed by atoms with Crippen LogP contribution in [0.2, 0.25) is 23.4 Å². The Morgan fingerprint density at radius 2 is 1.04 bits per heavy atom. The van der Waals surface area contributed by atoms with Gasteiger partial charge in [0.05, 0.1) is 53.6 Å². The number of para-hydroxylation sites is 2. The number of fused-ring (bicyclic) bond motifs is 2. The summed E-state index contributed by atoms with van der Waals surface area (Å²) in [5, 5.41) is 16.7. The number of nitrogens with zero attached hydrogens (tertiary/aromatic N) is 8. The number of nitrogen functional groups attached to an aromatic ring is 2. The van der Waals surface area contributed by atoms with Gasteiger partial charge < -0.3 is 22.1 Å². The molecule has 10 aromatic rings. The maximum Gasteiger partial charge on any atom is 0.264 e. The number of nitrogens with two attached hydrogens (primary N) is 2. The molecule has 442 valence electrons. The summed E-state index contributed by atoms with van der Waals surface area (Å²) in [6.07, 6.45) is 11.6. The van der Waals surface area contributed by atoms with Gasteiger partial charge in [-0.2, -0.15) is 9.97 Å². The van der Waals surface area contributed by atoms with E-state index in [0.717, 1.165) is 49.8 Å². The van der Waals surface area contributed by atoms with E-state index in [-0.39, 0.29) is 50.0 Å². The Labute approximate surface area is 524 Å². The van der Waals surface area contributed by atoms with Gasteiger partial charge in [-0.05, 0) is 96.0 Å². The van der Waals surface area contributed by atoms with Crippen LogP contribution < -0.4 is 36.9 Å². The fourth-order valence-electron chi connectivity index (χ4n) is 10.1. The van der Waals surface area contributed by atoms with Gasteiger partial charge in [-0.25, -0.2) is 15.0 Å². The van der Waals surface area contributed by atoms with Crippen molar-refractivity contribution in [3.63, 3.8) is 0 Å². The largest absolute Gasteiger partial charge is 0.368 e. The van der Waals surface area contributed by atoms with Gasteiger partial charge in [0.25, 0.3) is 11.1 Å². The van der Waals surface area contributed by atoms with Crippen molar-refractivity contribution in [1.29, 1.82) is 0 Å². The maximum absolute atomic E-state index is 13.7. The second kappa shape index (κ2) is 31.3. The summed E-state index contributed by atoms with van der Waals surface area (Å²) >= 11 is 17.5. The van der Waals surface area contributed by atoms with Gasteiger partial charge >= 0.3 is 128 Å². The van der Waals surface area contributed by atoms with E-state index in [1.165, 1.54) is 56.8 Å². The molecule has 6 heterocycles. The summed E-state index contributed by atoms with van der Waals surface area (Å²) in [6, 6.07) is 33.2. The summed E-state index contributed by atoms with van der Waals surface area (Å²) < 4.78 is 10.2. The molecule has 6 N–H and O–H groups in total. The van der Waals surface area contributed by atoms with Crippen LogP contribution in [0.3, 0.4) is 0 Å². The van der Waals surface area contributed by atoms with E-state index < -0.39 is 18.4 Å². The van der Waals surface area contributed by atoms with E-state index in [4.69, 9.17) is 39.7 Å². The van der Waals surface area contributed by atoms with Crippen LogP contribution in [-0.4, -0.2) is 57.4 Å². The molecule has 14 nitrogen and oxygen atoms in total. The summed E-state index contributed by atoms with van der Waals surface area (Å²) in [7, 11) is 0. The van der Waals surface area contributed by atoms with Crippen LogP contribution in [-0.2, 0) is 0 Å². The molecule has 0 saturated heterocycles. The van der Waals surface area contributed by atoms with E-state index in [0.29, 0.717) is 36.9 Å². The first kappa shape index (κ1) is 66.9. The molecule has 0 spiro atoms. The second-order valence-electron chi connectivity index (χ2n) is 20.2. The number of unbranched alkanes of at least 4 members (excludes halogenated alkanes) is 3. The Morgan fingerprint density at radius 3 is 1.48 bits per heavy atom. The van der Waals surface area contributed by atoms with Crippen LogP contribution in [0.25, 0.3) is 44.2 Å². The third kappa shape index (κ3) is 16.0. The van der Waals surface area contributed by atoms with Crippen molar-refractivity contribution in [2.75, 3.05) is 22.1 Å². The number of nitrogens with one attached hydrogen (secondary N) is 2. The van der Waals surface area contributed by atoms with Crippen molar-refractivity contribution in [3.05, 3.63) is 189 Å². The number of pyridine rings is 2. The molecule has 6 aromatic heterocycles. The molecule has 0 amide bonds. The Kier molecular flexibility index (Phi) is 24.9. The Balaban J connectivity index is 0.000000208. The molecule has 2 atom stereocenters. The minimum atomic E-state index is -2.18. The van der Waals surface area contributed by atoms with Crippen molar-refractivity contribution < 1.29 is 0 Å². The predicted molar refractivity (Wildman–Crippen MR) is 364 cm³/mol. The fourth-order valence-corrected chi connectivity index (χ4v) is 29.5. The topological polar surface area (TPSA) is 197 Å². The second-order valence-corrected chi connectivity index (χ2v) is 37.1. The smallest absolute Gasteiger partial charge is 0.264 e. The summed E-state index contributed by atoms with van der Waals surface area (Å²) in [5.41, 5.74) is 15.8. The molecular formula is C64H77BrCl2N12O2S2Sn. The first-order chi connectivity index (χ1) is 39.6. The van der Waals surface area contributed by atoms with Crippen LogP contribution in [0.15, 0.2) is 146 Å². The molecule has 0 aliphatic heterocycles. The molecule has 4 aromatic carbocycles. The average Bonchev–Trinajstić information content (AvgIpc) is 1.65. The minimum absolute atomic E-state index is 0. The van der Waals surface area contributed by atoms with Crippen molar-refractivity contribution in [3.8, 4) is 22.6 Å². The van der Waals surface area contributed by atoms with Gasteiger partial charge in [-0.15, -0.1) is 11.3 Å². The van der Waals surface area contributed by atoms with Crippen LogP contribution >= 0.6 is 61.8 Å². The molecule has 0 bridgehead atoms. The first-order valence-corrected chi connectivity index (χ1v) is 38.4. The van der Waals surface area contributed by atoms with Gasteiger partial charge in [0, 0.05) is 40.5 Å². The number of rotatable bonds is 19. The first-order valence-electron chi connectivity index (χ1n) is 27.6. The van der Waals surface area contributed by atoms with Gasteiger partial charge in [-0.1, -0.05) is 98.7 Å².